The first-order valence-corrected chi connectivity index (χ1v) is 12.2. The number of benzene rings is 1. The van der Waals surface area contributed by atoms with E-state index in [1.54, 1.807) is 13.8 Å². The Kier molecular flexibility index (Phi) is 8.37. The molecule has 10 heteroatoms. The van der Waals surface area contributed by atoms with Gasteiger partial charge in [0.1, 0.15) is 12.1 Å². The van der Waals surface area contributed by atoms with Crippen LogP contribution < -0.4 is 21.7 Å². The third-order valence-corrected chi connectivity index (χ3v) is 6.64. The smallest absolute Gasteiger partial charge is 0.405 e. The first kappa shape index (κ1) is 26.5. The van der Waals surface area contributed by atoms with E-state index in [4.69, 9.17) is 10.5 Å². The third-order valence-electron chi connectivity index (χ3n) is 6.64. The number of nitrogens with zero attached hydrogens (tertiary/aromatic N) is 1. The molecule has 4 amide bonds. The highest BCUT2D eigenvalue weighted by molar-refractivity contribution is 5.94. The first-order chi connectivity index (χ1) is 16.5. The number of hydrogen-bond acceptors (Lipinski definition) is 6. The number of piperazine rings is 1. The zero-order chi connectivity index (χ0) is 25.8. The van der Waals surface area contributed by atoms with Crippen LogP contribution in [0.3, 0.4) is 0 Å². The topological polar surface area (TPSA) is 143 Å². The van der Waals surface area contributed by atoms with Crippen molar-refractivity contribution in [2.24, 2.45) is 11.7 Å². The molecule has 1 saturated heterocycles. The van der Waals surface area contributed by atoms with Crippen molar-refractivity contribution in [1.29, 1.82) is 0 Å². The Balaban J connectivity index is 1.74. The zero-order valence-electron chi connectivity index (χ0n) is 20.9. The Morgan fingerprint density at radius 3 is 2.60 bits per heavy atom. The van der Waals surface area contributed by atoms with Crippen molar-refractivity contribution in [3.05, 3.63) is 35.4 Å². The van der Waals surface area contributed by atoms with E-state index in [1.165, 1.54) is 24.3 Å². The quantitative estimate of drug-likeness (QED) is 0.452. The molecule has 192 valence electrons. The lowest BCUT2D eigenvalue weighted by atomic mass is 9.87. The molecule has 5 N–H and O–H groups in total. The molecule has 1 fully saturated rings. The van der Waals surface area contributed by atoms with Crippen LogP contribution in [0, 0.1) is 5.92 Å². The number of aryl methyl sites for hydroxylation is 1. The molecule has 1 aliphatic heterocycles. The molecule has 0 spiro atoms. The van der Waals surface area contributed by atoms with Crippen LogP contribution in [0.5, 0.6) is 0 Å². The molecule has 0 aromatic heterocycles. The Bertz CT molecular complexity index is 963. The van der Waals surface area contributed by atoms with Crippen LogP contribution in [-0.2, 0) is 25.5 Å². The predicted octanol–water partition coefficient (Wildman–Crippen LogP) is 0.995. The highest BCUT2D eigenvalue weighted by atomic mass is 16.6. The lowest BCUT2D eigenvalue weighted by molar-refractivity contribution is -0.148. The van der Waals surface area contributed by atoms with Gasteiger partial charge in [0, 0.05) is 19.6 Å². The molecular formula is C25H37N5O5. The van der Waals surface area contributed by atoms with Crippen molar-refractivity contribution >= 4 is 23.8 Å². The molecule has 35 heavy (non-hydrogen) atoms. The summed E-state index contributed by atoms with van der Waals surface area (Å²) >= 11 is 0. The van der Waals surface area contributed by atoms with Gasteiger partial charge in [0.2, 0.25) is 11.8 Å². The van der Waals surface area contributed by atoms with Gasteiger partial charge in [0.25, 0.3) is 5.91 Å². The van der Waals surface area contributed by atoms with Gasteiger partial charge in [-0.3, -0.25) is 14.4 Å². The average molecular weight is 488 g/mol. The number of nitrogens with two attached hydrogens (primary N) is 1. The molecule has 1 aromatic carbocycles. The highest BCUT2D eigenvalue weighted by Gasteiger charge is 2.40. The number of ether oxygens (including phenoxy) is 1. The molecule has 1 aliphatic carbocycles. The summed E-state index contributed by atoms with van der Waals surface area (Å²) in [4.78, 5) is 52.5. The van der Waals surface area contributed by atoms with E-state index in [1.807, 2.05) is 18.2 Å². The maximum atomic E-state index is 13.6. The van der Waals surface area contributed by atoms with Gasteiger partial charge in [0.05, 0.1) is 6.04 Å². The molecule has 3 atom stereocenters. The lowest BCUT2D eigenvalue weighted by Crippen LogP contribution is -2.64. The number of carbonyl (C=O) groups is 4. The predicted molar refractivity (Wildman–Crippen MR) is 130 cm³/mol. The van der Waals surface area contributed by atoms with Crippen LogP contribution >= 0.6 is 0 Å². The largest absolute Gasteiger partial charge is 0.434 e. The third kappa shape index (κ3) is 6.30. The Morgan fingerprint density at radius 2 is 1.91 bits per heavy atom. The molecule has 10 nitrogen and oxygen atoms in total. The normalized spacial score (nSPS) is 21.0. The van der Waals surface area contributed by atoms with Gasteiger partial charge in [0.15, 0.2) is 5.60 Å². The molecule has 1 heterocycles. The number of hydrogen-bond donors (Lipinski definition) is 4. The van der Waals surface area contributed by atoms with E-state index in [2.05, 4.69) is 22.0 Å². The van der Waals surface area contributed by atoms with Gasteiger partial charge in [-0.05, 0) is 50.2 Å². The average Bonchev–Trinajstić information content (AvgIpc) is 2.81. The maximum absolute atomic E-state index is 13.6. The second-order valence-electron chi connectivity index (χ2n) is 10.0. The van der Waals surface area contributed by atoms with Crippen molar-refractivity contribution in [2.75, 3.05) is 19.6 Å². The van der Waals surface area contributed by atoms with E-state index in [0.29, 0.717) is 19.6 Å². The van der Waals surface area contributed by atoms with Crippen molar-refractivity contribution in [1.82, 2.24) is 20.9 Å². The maximum Gasteiger partial charge on any atom is 0.405 e. The SMILES string of the molecule is CC(C)[C@H](NC(=O)C(C)(C)OC(N)=O)C(=O)N1CCNC[C@H]1C(=O)NC1CCCc2ccccc21. The van der Waals surface area contributed by atoms with Gasteiger partial charge >= 0.3 is 6.09 Å². The van der Waals surface area contributed by atoms with Gasteiger partial charge in [-0.1, -0.05) is 38.1 Å². The summed E-state index contributed by atoms with van der Waals surface area (Å²) in [6.45, 7) is 7.61. The van der Waals surface area contributed by atoms with E-state index in [0.717, 1.165) is 24.8 Å². The van der Waals surface area contributed by atoms with Crippen LogP contribution in [0.15, 0.2) is 24.3 Å². The standard InChI is InChI=1S/C25H37N5O5/c1-15(2)20(29-23(33)25(3,4)35-24(26)34)22(32)30-13-12-27-14-19(30)21(31)28-18-11-7-9-16-8-5-6-10-17(16)18/h5-6,8,10,15,18-20,27H,7,9,11-14H2,1-4H3,(H2,26,34)(H,28,31)(H,29,33)/t18?,19-,20-/m0/s1. The Hall–Kier alpha value is -3.14. The molecule has 0 bridgehead atoms. The number of primary amides is 1. The fourth-order valence-electron chi connectivity index (χ4n) is 4.68. The molecular weight excluding hydrogens is 450 g/mol. The summed E-state index contributed by atoms with van der Waals surface area (Å²) in [6.07, 6.45) is 1.74. The van der Waals surface area contributed by atoms with E-state index < -0.39 is 29.7 Å². The van der Waals surface area contributed by atoms with E-state index in [-0.39, 0.29) is 23.8 Å². The van der Waals surface area contributed by atoms with Crippen LogP contribution in [-0.4, -0.2) is 66.0 Å². The summed E-state index contributed by atoms with van der Waals surface area (Å²) in [5.74, 6) is -1.48. The summed E-state index contributed by atoms with van der Waals surface area (Å²) in [6, 6.07) is 6.40. The van der Waals surface area contributed by atoms with Crippen LogP contribution in [0.25, 0.3) is 0 Å². The fraction of sp³-hybridized carbons (Fsp3) is 0.600. The monoisotopic (exact) mass is 487 g/mol. The lowest BCUT2D eigenvalue weighted by Gasteiger charge is -2.39. The molecule has 0 radical (unpaired) electrons. The second kappa shape index (κ2) is 11.1. The highest BCUT2D eigenvalue weighted by Crippen LogP contribution is 2.29. The van der Waals surface area contributed by atoms with Gasteiger partial charge in [-0.15, -0.1) is 0 Å². The molecule has 1 unspecified atom stereocenters. The number of fused-ring (bicyclic) bond motifs is 1. The van der Waals surface area contributed by atoms with Gasteiger partial charge < -0.3 is 31.3 Å². The summed E-state index contributed by atoms with van der Waals surface area (Å²) in [5.41, 5.74) is 5.89. The minimum atomic E-state index is -1.55. The van der Waals surface area contributed by atoms with Crippen LogP contribution in [0.2, 0.25) is 0 Å². The number of carbonyl (C=O) groups excluding carboxylic acids is 4. The van der Waals surface area contributed by atoms with Gasteiger partial charge in [-0.2, -0.15) is 0 Å². The van der Waals surface area contributed by atoms with Crippen molar-refractivity contribution in [3.8, 4) is 0 Å². The summed E-state index contributed by atoms with van der Waals surface area (Å²) in [7, 11) is 0. The number of rotatable bonds is 7. The van der Waals surface area contributed by atoms with Crippen molar-refractivity contribution in [2.45, 2.75) is 70.7 Å². The molecule has 0 saturated carbocycles. The second-order valence-corrected chi connectivity index (χ2v) is 10.0. The first-order valence-electron chi connectivity index (χ1n) is 12.2. The summed E-state index contributed by atoms with van der Waals surface area (Å²) < 4.78 is 4.91. The Morgan fingerprint density at radius 1 is 1.20 bits per heavy atom. The van der Waals surface area contributed by atoms with E-state index >= 15 is 0 Å². The fourth-order valence-corrected chi connectivity index (χ4v) is 4.68. The van der Waals surface area contributed by atoms with Crippen LogP contribution in [0.4, 0.5) is 4.79 Å². The minimum Gasteiger partial charge on any atom is -0.434 e. The van der Waals surface area contributed by atoms with Crippen molar-refractivity contribution < 1.29 is 23.9 Å². The van der Waals surface area contributed by atoms with Gasteiger partial charge in [-0.25, -0.2) is 4.79 Å². The molecule has 2 aliphatic rings. The summed E-state index contributed by atoms with van der Waals surface area (Å²) in [5, 5.41) is 9.05. The van der Waals surface area contributed by atoms with E-state index in [9.17, 15) is 19.2 Å². The molecule has 1 aromatic rings. The minimum absolute atomic E-state index is 0.0984. The molecule has 3 rings (SSSR count). The Labute approximate surface area is 206 Å². The van der Waals surface area contributed by atoms with Crippen LogP contribution in [0.1, 0.15) is 57.7 Å². The number of amides is 4. The number of nitrogens with one attached hydrogen (secondary N) is 3. The zero-order valence-corrected chi connectivity index (χ0v) is 20.9. The van der Waals surface area contributed by atoms with Crippen molar-refractivity contribution in [3.63, 3.8) is 0 Å².